The first-order valence-corrected chi connectivity index (χ1v) is 32.0. The van der Waals surface area contributed by atoms with Gasteiger partial charge in [-0.3, -0.25) is 38.5 Å². The number of benzene rings is 6. The van der Waals surface area contributed by atoms with Crippen LogP contribution in [0.3, 0.4) is 0 Å². The summed E-state index contributed by atoms with van der Waals surface area (Å²) in [4.78, 5) is 40.5. The van der Waals surface area contributed by atoms with Crippen molar-refractivity contribution in [2.45, 2.75) is 152 Å². The zero-order valence-corrected chi connectivity index (χ0v) is 50.4. The molecule has 448 valence electrons. The molecule has 22 heteroatoms. The van der Waals surface area contributed by atoms with E-state index >= 15 is 0 Å². The normalized spacial score (nSPS) is 15.8. The van der Waals surface area contributed by atoms with Crippen molar-refractivity contribution in [3.8, 4) is 45.0 Å². The van der Waals surface area contributed by atoms with Gasteiger partial charge >= 0.3 is 0 Å². The molecule has 20 nitrogen and oxygen atoms in total. The number of unbranched alkanes of at least 4 members (excludes halogenated alkanes) is 2. The number of nitrogens with one attached hydrogen (secondary N) is 2. The van der Waals surface area contributed by atoms with Gasteiger partial charge in [-0.25, -0.2) is 0 Å². The van der Waals surface area contributed by atoms with Gasteiger partial charge in [0, 0.05) is 24.0 Å². The molecule has 0 radical (unpaired) electrons. The molecule has 4 heterocycles. The van der Waals surface area contributed by atoms with Crippen LogP contribution in [-0.4, -0.2) is 112 Å². The van der Waals surface area contributed by atoms with Crippen molar-refractivity contribution in [1.82, 2.24) is 51.0 Å². The van der Waals surface area contributed by atoms with Gasteiger partial charge < -0.3 is 0 Å². The highest BCUT2D eigenvalue weighted by molar-refractivity contribution is 7.86. The molecule has 86 heavy (non-hydrogen) atoms. The van der Waals surface area contributed by atoms with Gasteiger partial charge in [-0.2, -0.15) is 27.3 Å². The first kappa shape index (κ1) is 62.1. The van der Waals surface area contributed by atoms with Crippen LogP contribution in [0, 0.1) is 13.8 Å². The average Bonchev–Trinajstić information content (AvgIpc) is 1.70. The molecule has 4 N–H and O–H groups in total. The Morgan fingerprint density at radius 2 is 0.814 bits per heavy atom. The van der Waals surface area contributed by atoms with Gasteiger partial charge in [-0.1, -0.05) is 185 Å². The number of amidine groups is 2. The first-order valence-electron chi connectivity index (χ1n) is 29.1. The summed E-state index contributed by atoms with van der Waals surface area (Å²) in [6.45, 7) is 9.20. The minimum absolute atomic E-state index is 0.0666. The maximum absolute atomic E-state index is 13.4. The molecule has 0 bridgehead atoms. The Morgan fingerprint density at radius 3 is 1.12 bits per heavy atom. The van der Waals surface area contributed by atoms with E-state index in [0.29, 0.717) is 24.7 Å². The summed E-state index contributed by atoms with van der Waals surface area (Å²) in [5.41, 5.74) is 9.29. The Hall–Kier alpha value is -8.44. The molecule has 8 aromatic rings. The predicted octanol–water partition coefficient (Wildman–Crippen LogP) is 12.0. The molecule has 6 aromatic carbocycles. The summed E-state index contributed by atoms with van der Waals surface area (Å²) >= 11 is 0. The molecule has 4 aliphatic rings. The fourth-order valence-corrected chi connectivity index (χ4v) is 12.1. The predicted molar refractivity (Wildman–Crippen MR) is 330 cm³/mol. The maximum Gasteiger partial charge on any atom is 0.294 e. The molecule has 2 amide bonds. The molecule has 2 aliphatic carbocycles. The lowest BCUT2D eigenvalue weighted by Gasteiger charge is -2.23. The largest absolute Gasteiger partial charge is 0.294 e. The van der Waals surface area contributed by atoms with Crippen LogP contribution in [0.2, 0.25) is 0 Å². The highest BCUT2D eigenvalue weighted by Crippen LogP contribution is 2.42. The number of amides is 2. The zero-order chi connectivity index (χ0) is 60.9. The van der Waals surface area contributed by atoms with Crippen LogP contribution in [-0.2, 0) is 42.9 Å². The topological polar surface area (TPSA) is 283 Å². The summed E-state index contributed by atoms with van der Waals surface area (Å²) in [5, 5.41) is 28.9. The number of aromatic amines is 2. The summed E-state index contributed by atoms with van der Waals surface area (Å²) in [7, 11) is -8.04. The number of hydrogen-bond donors (Lipinski definition) is 4. The molecule has 0 saturated heterocycles. The van der Waals surface area contributed by atoms with Crippen molar-refractivity contribution in [1.29, 1.82) is 0 Å². The Bertz CT molecular complexity index is 3610. The Morgan fingerprint density at radius 1 is 0.477 bits per heavy atom. The molecule has 2 spiro atoms. The highest BCUT2D eigenvalue weighted by Gasteiger charge is 2.50. The molecule has 2 saturated carbocycles. The molecule has 2 fully saturated rings. The second-order valence-corrected chi connectivity index (χ2v) is 24.9. The van der Waals surface area contributed by atoms with Gasteiger partial charge in [0.15, 0.2) is 0 Å². The van der Waals surface area contributed by atoms with Crippen LogP contribution in [0.5, 0.6) is 0 Å². The van der Waals surface area contributed by atoms with Crippen molar-refractivity contribution in [3.63, 3.8) is 0 Å². The van der Waals surface area contributed by atoms with Gasteiger partial charge in [-0.05, 0) is 120 Å². The molecule has 0 unspecified atom stereocenters. The van der Waals surface area contributed by atoms with E-state index in [1.807, 2.05) is 60.0 Å². The Kier molecular flexibility index (Phi) is 20.0. The monoisotopic (exact) mass is 1200 g/mol. The highest BCUT2D eigenvalue weighted by atomic mass is 32.2. The lowest BCUT2D eigenvalue weighted by molar-refractivity contribution is -0.132. The van der Waals surface area contributed by atoms with E-state index in [2.05, 4.69) is 116 Å². The number of rotatable bonds is 16. The van der Waals surface area contributed by atoms with E-state index in [4.69, 9.17) is 19.1 Å². The summed E-state index contributed by atoms with van der Waals surface area (Å²) in [6.07, 6.45) is 14.0. The van der Waals surface area contributed by atoms with E-state index in [9.17, 15) is 26.4 Å². The fourth-order valence-electron chi connectivity index (χ4n) is 11.2. The van der Waals surface area contributed by atoms with Crippen molar-refractivity contribution in [2.75, 3.05) is 0 Å². The number of H-pyrrole nitrogens is 2. The van der Waals surface area contributed by atoms with Crippen LogP contribution in [0.15, 0.2) is 165 Å². The number of aromatic nitrogens is 8. The minimum atomic E-state index is -4.02. The second kappa shape index (κ2) is 27.7. The number of aliphatic imine (C=N–C) groups is 2. The smallest absolute Gasteiger partial charge is 0.294 e. The van der Waals surface area contributed by atoms with E-state index in [1.54, 1.807) is 24.3 Å². The molecule has 12 rings (SSSR count). The lowest BCUT2D eigenvalue weighted by atomic mass is 9.97. The standard InChI is InChI=1S/2C25H28N6O.2C7H8O3S/c2*1-2-3-10-22-26-25(15-6-7-16-25)24(32)31(22)17-18-11-13-19(14-12-18)20-8-4-5-9-21(20)23-27-29-30-28-23;2*1-6-2-4-7(5-3-6)11(8,9)10/h2*4-5,8-9,11-14H,2-3,6-7,10,15-17H2,1H3,(H,27,28,29,30);2*2-5H,1H3,(H,8,9,10). The maximum atomic E-state index is 13.4. The Labute approximate surface area is 502 Å². The summed E-state index contributed by atoms with van der Waals surface area (Å²) in [6, 6.07) is 44.9. The van der Waals surface area contributed by atoms with Crippen LogP contribution in [0.4, 0.5) is 0 Å². The van der Waals surface area contributed by atoms with Crippen LogP contribution in [0.25, 0.3) is 45.0 Å². The number of carbonyl (C=O) groups is 2. The molecule has 2 aromatic heterocycles. The summed E-state index contributed by atoms with van der Waals surface area (Å²) in [5.74, 6) is 3.51. The SMILES string of the molecule is CCCCC1=NC2(CCCC2)C(=O)N1Cc1ccc(-c2ccccc2-c2nn[nH]n2)cc1.CCCCC1=NC2(CCCC2)C(=O)N1Cc1ccc(-c2ccccc2-c2nn[nH]n2)cc1.Cc1ccc(S(=O)(=O)O)cc1.Cc1ccc(S(=O)(=O)O)cc1. The minimum Gasteiger partial charge on any atom is -0.294 e. The van der Waals surface area contributed by atoms with Crippen molar-refractivity contribution < 1.29 is 35.5 Å². The average molecular weight is 1200 g/mol. The zero-order valence-electron chi connectivity index (χ0n) is 48.8. The molecule has 2 aliphatic heterocycles. The number of tetrazole rings is 2. The summed E-state index contributed by atoms with van der Waals surface area (Å²) < 4.78 is 59.1. The van der Waals surface area contributed by atoms with Gasteiger partial charge in [0.25, 0.3) is 32.1 Å². The van der Waals surface area contributed by atoms with Gasteiger partial charge in [0.1, 0.15) is 22.7 Å². The number of carbonyl (C=O) groups excluding carboxylic acids is 2. The fraction of sp³-hybridized carbons (Fsp3) is 0.344. The third-order valence-electron chi connectivity index (χ3n) is 15.8. The van der Waals surface area contributed by atoms with Gasteiger partial charge in [0.05, 0.1) is 22.9 Å². The number of aryl methyl sites for hydroxylation is 2. The quantitative estimate of drug-likeness (QED) is 0.0655. The first-order chi connectivity index (χ1) is 41.4. The molecule has 0 atom stereocenters. The third-order valence-corrected chi connectivity index (χ3v) is 17.6. The van der Waals surface area contributed by atoms with Crippen LogP contribution >= 0.6 is 0 Å². The molecular weight excluding hydrogens is 1130 g/mol. The number of nitrogens with zero attached hydrogens (tertiary/aromatic N) is 10. The lowest BCUT2D eigenvalue weighted by Crippen LogP contribution is -2.40. The van der Waals surface area contributed by atoms with Crippen molar-refractivity contribution in [3.05, 3.63) is 168 Å². The van der Waals surface area contributed by atoms with E-state index in [0.717, 1.165) is 157 Å². The second-order valence-electron chi connectivity index (χ2n) is 22.1. The van der Waals surface area contributed by atoms with Crippen LogP contribution in [0.1, 0.15) is 126 Å². The van der Waals surface area contributed by atoms with E-state index in [-0.39, 0.29) is 21.6 Å². The number of hydrogen-bond acceptors (Lipinski definition) is 14. The van der Waals surface area contributed by atoms with E-state index in [1.165, 1.54) is 24.3 Å². The van der Waals surface area contributed by atoms with Crippen molar-refractivity contribution in [2.24, 2.45) is 9.98 Å². The van der Waals surface area contributed by atoms with Crippen molar-refractivity contribution >= 4 is 43.7 Å². The van der Waals surface area contributed by atoms with Crippen LogP contribution < -0.4 is 0 Å². The molecular formula is C64H72N12O8S2. The van der Waals surface area contributed by atoms with Gasteiger partial charge in [-0.15, -0.1) is 20.4 Å². The third kappa shape index (κ3) is 15.0. The Balaban J connectivity index is 0.000000153. The van der Waals surface area contributed by atoms with Gasteiger partial charge in [0.2, 0.25) is 11.6 Å². The van der Waals surface area contributed by atoms with E-state index < -0.39 is 31.3 Å².